The van der Waals surface area contributed by atoms with Gasteiger partial charge in [0, 0.05) is 25.8 Å². The van der Waals surface area contributed by atoms with Gasteiger partial charge in [-0.1, -0.05) is 19.9 Å². The summed E-state index contributed by atoms with van der Waals surface area (Å²) in [6, 6.07) is 4.34. The number of morpholine rings is 1. The fourth-order valence-electron chi connectivity index (χ4n) is 3.02. The van der Waals surface area contributed by atoms with Gasteiger partial charge in [-0.15, -0.1) is 0 Å². The topological polar surface area (TPSA) is 37.4 Å². The third-order valence-corrected chi connectivity index (χ3v) is 4.06. The summed E-state index contributed by atoms with van der Waals surface area (Å²) in [5, 5.41) is 3.45. The molecule has 4 nitrogen and oxygen atoms in total. The van der Waals surface area contributed by atoms with Crippen LogP contribution in [0.3, 0.4) is 0 Å². The zero-order chi connectivity index (χ0) is 13.9. The van der Waals surface area contributed by atoms with E-state index in [1.54, 1.807) is 0 Å². The number of nitrogens with zero attached hydrogens (tertiary/aromatic N) is 2. The number of ether oxygens (including phenoxy) is 1. The molecule has 0 spiro atoms. The third-order valence-electron chi connectivity index (χ3n) is 4.06. The first-order chi connectivity index (χ1) is 9.70. The zero-order valence-electron chi connectivity index (χ0n) is 12.5. The molecule has 1 aromatic heterocycles. The molecule has 0 radical (unpaired) electrons. The molecule has 3 rings (SSSR count). The molecule has 20 heavy (non-hydrogen) atoms. The van der Waals surface area contributed by atoms with Crippen LogP contribution in [0.1, 0.15) is 32.3 Å². The molecule has 2 fully saturated rings. The van der Waals surface area contributed by atoms with E-state index in [9.17, 15) is 0 Å². The molecule has 1 N–H and O–H groups in total. The summed E-state index contributed by atoms with van der Waals surface area (Å²) in [6.45, 7) is 8.39. The van der Waals surface area contributed by atoms with Crippen LogP contribution in [0, 0.1) is 5.92 Å². The predicted octanol–water partition coefficient (Wildman–Crippen LogP) is 2.19. The van der Waals surface area contributed by atoms with Crippen LogP contribution in [-0.4, -0.2) is 36.8 Å². The lowest BCUT2D eigenvalue weighted by molar-refractivity contribution is 0.0302. The van der Waals surface area contributed by atoms with Crippen LogP contribution in [0.25, 0.3) is 0 Å². The molecular weight excluding hydrogens is 250 g/mol. The minimum atomic E-state index is 0.419. The summed E-state index contributed by atoms with van der Waals surface area (Å²) in [7, 11) is 0. The Morgan fingerprint density at radius 2 is 2.05 bits per heavy atom. The summed E-state index contributed by atoms with van der Waals surface area (Å²) >= 11 is 0. The van der Waals surface area contributed by atoms with E-state index in [-0.39, 0.29) is 0 Å². The van der Waals surface area contributed by atoms with Crippen molar-refractivity contribution in [1.29, 1.82) is 0 Å². The smallest absolute Gasteiger partial charge is 0.128 e. The average Bonchev–Trinajstić information content (AvgIpc) is 2.78. The van der Waals surface area contributed by atoms with Gasteiger partial charge >= 0.3 is 0 Å². The molecule has 2 unspecified atom stereocenters. The molecule has 3 heterocycles. The summed E-state index contributed by atoms with van der Waals surface area (Å²) in [6.07, 6.45) is 5.25. The van der Waals surface area contributed by atoms with Gasteiger partial charge in [0.25, 0.3) is 0 Å². The number of hydrogen-bond acceptors (Lipinski definition) is 4. The van der Waals surface area contributed by atoms with Gasteiger partial charge < -0.3 is 15.0 Å². The first-order valence-electron chi connectivity index (χ1n) is 7.77. The van der Waals surface area contributed by atoms with Crippen LogP contribution >= 0.6 is 0 Å². The van der Waals surface area contributed by atoms with Crippen LogP contribution in [0.2, 0.25) is 0 Å². The Balaban J connectivity index is 1.56. The number of aromatic nitrogens is 1. The molecule has 4 heteroatoms. The molecule has 0 aromatic carbocycles. The molecule has 2 aliphatic heterocycles. The van der Waals surface area contributed by atoms with Crippen LogP contribution in [0.15, 0.2) is 18.3 Å². The highest BCUT2D eigenvalue weighted by Gasteiger charge is 2.34. The van der Waals surface area contributed by atoms with Gasteiger partial charge in [0.1, 0.15) is 5.82 Å². The number of fused-ring (bicyclic) bond motifs is 2. The molecule has 1 aromatic rings. The summed E-state index contributed by atoms with van der Waals surface area (Å²) in [4.78, 5) is 7.00. The standard InChI is InChI=1S/C16H25N3O/c1-12(2)7-17-8-13-3-6-16(18-9-13)19-10-14-4-5-15(11-19)20-14/h3,6,9,12,14-15,17H,4-5,7-8,10-11H2,1-2H3. The van der Waals surface area contributed by atoms with E-state index in [4.69, 9.17) is 4.74 Å². The Bertz CT molecular complexity index is 420. The van der Waals surface area contributed by atoms with E-state index in [0.717, 1.165) is 32.0 Å². The lowest BCUT2D eigenvalue weighted by Gasteiger charge is -2.33. The second kappa shape index (κ2) is 6.10. The maximum absolute atomic E-state index is 5.87. The number of pyridine rings is 1. The fraction of sp³-hybridized carbons (Fsp3) is 0.688. The van der Waals surface area contributed by atoms with Gasteiger partial charge in [-0.25, -0.2) is 4.98 Å². The van der Waals surface area contributed by atoms with Gasteiger partial charge in [-0.2, -0.15) is 0 Å². The maximum Gasteiger partial charge on any atom is 0.128 e. The van der Waals surface area contributed by atoms with E-state index >= 15 is 0 Å². The van der Waals surface area contributed by atoms with Crippen LogP contribution < -0.4 is 10.2 Å². The van der Waals surface area contributed by atoms with Crippen molar-refractivity contribution in [3.05, 3.63) is 23.9 Å². The van der Waals surface area contributed by atoms with E-state index < -0.39 is 0 Å². The predicted molar refractivity (Wildman–Crippen MR) is 80.9 cm³/mol. The molecule has 2 bridgehead atoms. The van der Waals surface area contributed by atoms with Crippen LogP contribution in [0.4, 0.5) is 5.82 Å². The van der Waals surface area contributed by atoms with Gasteiger partial charge in [0.2, 0.25) is 0 Å². The summed E-state index contributed by atoms with van der Waals surface area (Å²) < 4.78 is 5.87. The van der Waals surface area contributed by atoms with Crippen LogP contribution in [-0.2, 0) is 11.3 Å². The molecule has 0 amide bonds. The molecular formula is C16H25N3O. The molecule has 110 valence electrons. The van der Waals surface area contributed by atoms with Crippen molar-refractivity contribution in [3.63, 3.8) is 0 Å². The van der Waals surface area contributed by atoms with Gasteiger partial charge in [-0.05, 0) is 36.9 Å². The van der Waals surface area contributed by atoms with Crippen molar-refractivity contribution < 1.29 is 4.74 Å². The minimum Gasteiger partial charge on any atom is -0.371 e. The number of nitrogens with one attached hydrogen (secondary N) is 1. The molecule has 2 saturated heterocycles. The Morgan fingerprint density at radius 3 is 2.65 bits per heavy atom. The Morgan fingerprint density at radius 1 is 1.30 bits per heavy atom. The molecule has 0 saturated carbocycles. The van der Waals surface area contributed by atoms with Gasteiger partial charge in [0.05, 0.1) is 12.2 Å². The lowest BCUT2D eigenvalue weighted by Crippen LogP contribution is -2.43. The Kier molecular flexibility index (Phi) is 4.22. The van der Waals surface area contributed by atoms with E-state index in [1.165, 1.54) is 18.4 Å². The normalized spacial score (nSPS) is 25.4. The molecule has 2 aliphatic rings. The maximum atomic E-state index is 5.87. The third kappa shape index (κ3) is 3.30. The number of rotatable bonds is 5. The zero-order valence-corrected chi connectivity index (χ0v) is 12.5. The van der Waals surface area contributed by atoms with Crippen molar-refractivity contribution in [3.8, 4) is 0 Å². The van der Waals surface area contributed by atoms with Crippen LogP contribution in [0.5, 0.6) is 0 Å². The highest BCUT2D eigenvalue weighted by Crippen LogP contribution is 2.28. The second-order valence-corrected chi connectivity index (χ2v) is 6.41. The van der Waals surface area contributed by atoms with Crippen molar-refractivity contribution in [2.75, 3.05) is 24.5 Å². The lowest BCUT2D eigenvalue weighted by atomic mass is 10.2. The first-order valence-corrected chi connectivity index (χ1v) is 7.77. The quantitative estimate of drug-likeness (QED) is 0.894. The molecule has 2 atom stereocenters. The van der Waals surface area contributed by atoms with Crippen molar-refractivity contribution in [2.45, 2.75) is 45.4 Å². The summed E-state index contributed by atoms with van der Waals surface area (Å²) in [5.74, 6) is 1.78. The Hall–Kier alpha value is -1.13. The van der Waals surface area contributed by atoms with Crippen molar-refractivity contribution >= 4 is 5.82 Å². The fourth-order valence-corrected chi connectivity index (χ4v) is 3.02. The average molecular weight is 275 g/mol. The number of hydrogen-bond donors (Lipinski definition) is 1. The van der Waals surface area contributed by atoms with E-state index in [0.29, 0.717) is 18.1 Å². The van der Waals surface area contributed by atoms with Crippen molar-refractivity contribution in [1.82, 2.24) is 10.3 Å². The SMILES string of the molecule is CC(C)CNCc1ccc(N2CC3CCC(C2)O3)nc1. The monoisotopic (exact) mass is 275 g/mol. The minimum absolute atomic E-state index is 0.419. The van der Waals surface area contributed by atoms with E-state index in [1.807, 2.05) is 6.20 Å². The molecule has 0 aliphatic carbocycles. The second-order valence-electron chi connectivity index (χ2n) is 6.41. The highest BCUT2D eigenvalue weighted by atomic mass is 16.5. The number of anilines is 1. The van der Waals surface area contributed by atoms with Gasteiger partial charge in [-0.3, -0.25) is 0 Å². The first kappa shape index (κ1) is 13.8. The van der Waals surface area contributed by atoms with Crippen molar-refractivity contribution in [2.24, 2.45) is 5.92 Å². The Labute approximate surface area is 121 Å². The van der Waals surface area contributed by atoms with E-state index in [2.05, 4.69) is 41.2 Å². The largest absolute Gasteiger partial charge is 0.371 e. The summed E-state index contributed by atoms with van der Waals surface area (Å²) in [5.41, 5.74) is 1.26. The van der Waals surface area contributed by atoms with Gasteiger partial charge in [0.15, 0.2) is 0 Å². The highest BCUT2D eigenvalue weighted by molar-refractivity contribution is 5.40.